The van der Waals surface area contributed by atoms with Crippen LogP contribution in [-0.4, -0.2) is 46.1 Å². The number of likely N-dealkylation sites (tertiary alicyclic amines) is 1. The van der Waals surface area contributed by atoms with Gasteiger partial charge in [-0.2, -0.15) is 0 Å². The molecule has 1 aromatic heterocycles. The molecule has 2 rings (SSSR count). The van der Waals surface area contributed by atoms with Gasteiger partial charge in [-0.1, -0.05) is 12.1 Å². The van der Waals surface area contributed by atoms with Crippen LogP contribution in [0.3, 0.4) is 0 Å². The third-order valence-electron chi connectivity index (χ3n) is 3.84. The molecule has 18 heavy (non-hydrogen) atoms. The van der Waals surface area contributed by atoms with Crippen molar-refractivity contribution in [1.29, 1.82) is 0 Å². The molecule has 0 aromatic carbocycles. The summed E-state index contributed by atoms with van der Waals surface area (Å²) in [7, 11) is 1.93. The molecule has 1 aromatic rings. The van der Waals surface area contributed by atoms with Gasteiger partial charge in [-0.15, -0.1) is 5.10 Å². The topological polar surface area (TPSA) is 46.0 Å². The van der Waals surface area contributed by atoms with Crippen LogP contribution in [0.2, 0.25) is 0 Å². The van der Waals surface area contributed by atoms with Crippen LogP contribution in [0.4, 0.5) is 0 Å². The van der Waals surface area contributed by atoms with Crippen molar-refractivity contribution >= 4 is 0 Å². The Balaban J connectivity index is 1.79. The minimum absolute atomic E-state index is 0.703. The Morgan fingerprint density at radius 2 is 2.22 bits per heavy atom. The first kappa shape index (κ1) is 13.5. The van der Waals surface area contributed by atoms with Gasteiger partial charge in [-0.25, -0.2) is 0 Å². The maximum absolute atomic E-state index is 4.16. The molecule has 0 radical (unpaired) electrons. The molecule has 1 aliphatic rings. The molecule has 1 fully saturated rings. The second-order valence-corrected chi connectivity index (χ2v) is 5.52. The van der Waals surface area contributed by atoms with Crippen LogP contribution in [0.15, 0.2) is 6.20 Å². The highest BCUT2D eigenvalue weighted by Gasteiger charge is 2.22. The first-order valence-electron chi connectivity index (χ1n) is 6.96. The van der Waals surface area contributed by atoms with Gasteiger partial charge in [0.25, 0.3) is 0 Å². The quantitative estimate of drug-likeness (QED) is 0.852. The summed E-state index contributed by atoms with van der Waals surface area (Å²) in [5, 5.41) is 11.4. The van der Waals surface area contributed by atoms with E-state index < -0.39 is 0 Å². The summed E-state index contributed by atoms with van der Waals surface area (Å²) in [4.78, 5) is 2.57. The zero-order chi connectivity index (χ0) is 13.0. The maximum Gasteiger partial charge on any atom is 0.0964 e. The van der Waals surface area contributed by atoms with E-state index in [1.807, 2.05) is 17.9 Å². The smallest absolute Gasteiger partial charge is 0.0964 e. The van der Waals surface area contributed by atoms with Crippen LogP contribution in [0.25, 0.3) is 0 Å². The van der Waals surface area contributed by atoms with Crippen molar-refractivity contribution in [3.8, 4) is 0 Å². The van der Waals surface area contributed by atoms with Gasteiger partial charge in [-0.3, -0.25) is 9.58 Å². The average molecular weight is 251 g/mol. The van der Waals surface area contributed by atoms with Gasteiger partial charge in [0.15, 0.2) is 0 Å². The van der Waals surface area contributed by atoms with E-state index in [2.05, 4.69) is 34.4 Å². The number of hydrogen-bond acceptors (Lipinski definition) is 4. The summed E-state index contributed by atoms with van der Waals surface area (Å²) >= 11 is 0. The predicted octanol–water partition coefficient (Wildman–Crippen LogP) is 1.12. The van der Waals surface area contributed by atoms with Crippen molar-refractivity contribution < 1.29 is 0 Å². The van der Waals surface area contributed by atoms with Crippen molar-refractivity contribution in [2.45, 2.75) is 45.8 Å². The van der Waals surface area contributed by atoms with Crippen LogP contribution in [-0.2, 0) is 13.1 Å². The molecule has 5 nitrogen and oxygen atoms in total. The van der Waals surface area contributed by atoms with Crippen LogP contribution in [0.1, 0.15) is 32.4 Å². The zero-order valence-electron chi connectivity index (χ0n) is 11.8. The van der Waals surface area contributed by atoms with Gasteiger partial charge >= 0.3 is 0 Å². The number of aromatic nitrogens is 3. The summed E-state index contributed by atoms with van der Waals surface area (Å²) in [6, 6.07) is 0.703. The number of hydrogen-bond donors (Lipinski definition) is 1. The molecule has 1 N–H and O–H groups in total. The Labute approximate surface area is 110 Å². The molecule has 0 spiro atoms. The lowest BCUT2D eigenvalue weighted by Crippen LogP contribution is -2.41. The highest BCUT2D eigenvalue weighted by Crippen LogP contribution is 2.21. The monoisotopic (exact) mass is 251 g/mol. The molecule has 2 heterocycles. The molecule has 2 unspecified atom stereocenters. The van der Waals surface area contributed by atoms with Gasteiger partial charge in [0.05, 0.1) is 12.2 Å². The van der Waals surface area contributed by atoms with Crippen molar-refractivity contribution in [3.63, 3.8) is 0 Å². The molecule has 0 bridgehead atoms. The van der Waals surface area contributed by atoms with E-state index in [9.17, 15) is 0 Å². The molecule has 1 aliphatic heterocycles. The minimum atomic E-state index is 0.703. The van der Waals surface area contributed by atoms with Gasteiger partial charge in [0, 0.05) is 25.3 Å². The minimum Gasteiger partial charge on any atom is -0.314 e. The first-order chi connectivity index (χ1) is 8.69. The van der Waals surface area contributed by atoms with Gasteiger partial charge in [0.1, 0.15) is 0 Å². The maximum atomic E-state index is 4.16. The van der Waals surface area contributed by atoms with Gasteiger partial charge in [0.2, 0.25) is 0 Å². The number of nitrogens with one attached hydrogen (secondary N) is 1. The second kappa shape index (κ2) is 6.29. The number of nitrogens with zero attached hydrogens (tertiary/aromatic N) is 4. The van der Waals surface area contributed by atoms with E-state index in [-0.39, 0.29) is 0 Å². The van der Waals surface area contributed by atoms with E-state index in [1.165, 1.54) is 19.4 Å². The zero-order valence-corrected chi connectivity index (χ0v) is 11.8. The fraction of sp³-hybridized carbons (Fsp3) is 0.846. The normalized spacial score (nSPS) is 25.5. The summed E-state index contributed by atoms with van der Waals surface area (Å²) in [5.74, 6) is 0.879. The largest absolute Gasteiger partial charge is 0.314 e. The third kappa shape index (κ3) is 3.53. The van der Waals surface area contributed by atoms with Crippen molar-refractivity contribution in [2.75, 3.05) is 20.1 Å². The van der Waals surface area contributed by atoms with Gasteiger partial charge in [-0.05, 0) is 39.3 Å². The van der Waals surface area contributed by atoms with E-state index in [0.29, 0.717) is 6.04 Å². The number of piperidine rings is 1. The first-order valence-corrected chi connectivity index (χ1v) is 6.96. The molecule has 0 amide bonds. The van der Waals surface area contributed by atoms with Gasteiger partial charge < -0.3 is 5.32 Å². The van der Waals surface area contributed by atoms with Crippen LogP contribution in [0.5, 0.6) is 0 Å². The Kier molecular flexibility index (Phi) is 4.72. The van der Waals surface area contributed by atoms with E-state index in [1.54, 1.807) is 0 Å². The lowest BCUT2D eigenvalue weighted by Gasteiger charge is -2.36. The summed E-state index contributed by atoms with van der Waals surface area (Å²) in [6.07, 6.45) is 4.68. The summed E-state index contributed by atoms with van der Waals surface area (Å²) in [6.45, 7) is 8.72. The van der Waals surface area contributed by atoms with Crippen molar-refractivity contribution in [1.82, 2.24) is 25.2 Å². The highest BCUT2D eigenvalue weighted by atomic mass is 15.4. The van der Waals surface area contributed by atoms with E-state index >= 15 is 0 Å². The van der Waals surface area contributed by atoms with Crippen molar-refractivity contribution in [2.24, 2.45) is 5.92 Å². The molecule has 102 valence electrons. The molecule has 5 heteroatoms. The molecule has 0 saturated carbocycles. The van der Waals surface area contributed by atoms with Crippen LogP contribution < -0.4 is 5.32 Å². The summed E-state index contributed by atoms with van der Waals surface area (Å²) < 4.78 is 1.96. The van der Waals surface area contributed by atoms with E-state index in [4.69, 9.17) is 0 Å². The fourth-order valence-corrected chi connectivity index (χ4v) is 2.73. The Morgan fingerprint density at radius 3 is 2.94 bits per heavy atom. The molecular formula is C13H25N5. The standard InChI is InChI=1S/C13H25N5/c1-11-4-5-17(12(2)8-11)6-7-18-10-13(9-14-3)15-16-18/h10-12,14H,4-9H2,1-3H3. The Morgan fingerprint density at radius 1 is 1.39 bits per heavy atom. The highest BCUT2D eigenvalue weighted by molar-refractivity contribution is 4.91. The molecular weight excluding hydrogens is 226 g/mol. The number of rotatable bonds is 5. The lowest BCUT2D eigenvalue weighted by atomic mass is 9.93. The predicted molar refractivity (Wildman–Crippen MR) is 72.2 cm³/mol. The average Bonchev–Trinajstić information content (AvgIpc) is 2.76. The SMILES string of the molecule is CNCc1cn(CCN2CCC(C)CC2C)nn1. The summed E-state index contributed by atoms with van der Waals surface area (Å²) in [5.41, 5.74) is 1.01. The van der Waals surface area contributed by atoms with Crippen molar-refractivity contribution in [3.05, 3.63) is 11.9 Å². The van der Waals surface area contributed by atoms with Crippen LogP contribution in [0, 0.1) is 5.92 Å². The second-order valence-electron chi connectivity index (χ2n) is 5.52. The Bertz CT molecular complexity index is 362. The lowest BCUT2D eigenvalue weighted by molar-refractivity contribution is 0.123. The van der Waals surface area contributed by atoms with E-state index in [0.717, 1.165) is 31.2 Å². The van der Waals surface area contributed by atoms with Crippen LogP contribution >= 0.6 is 0 Å². The fourth-order valence-electron chi connectivity index (χ4n) is 2.73. The Hall–Kier alpha value is -0.940. The molecule has 0 aliphatic carbocycles. The molecule has 1 saturated heterocycles. The third-order valence-corrected chi connectivity index (χ3v) is 3.84. The molecule has 2 atom stereocenters.